The maximum atomic E-state index is 12.2. The van der Waals surface area contributed by atoms with Crippen LogP contribution in [-0.4, -0.2) is 66.6 Å². The number of nitrogens with one attached hydrogen (secondary N) is 1. The third-order valence-electron chi connectivity index (χ3n) is 3.64. The van der Waals surface area contributed by atoms with Gasteiger partial charge in [-0.25, -0.2) is 17.5 Å². The molecule has 1 aromatic rings. The Morgan fingerprint density at radius 3 is 2.54 bits per heavy atom. The molecule has 7 nitrogen and oxygen atoms in total. The predicted octanol–water partition coefficient (Wildman–Crippen LogP) is 0.422. The molecule has 0 unspecified atom stereocenters. The van der Waals surface area contributed by atoms with Gasteiger partial charge in [0.2, 0.25) is 15.9 Å². The monoisotopic (exact) mass is 372 g/mol. The summed E-state index contributed by atoms with van der Waals surface area (Å²) in [5, 5.41) is 11.6. The van der Waals surface area contributed by atoms with E-state index in [1.165, 1.54) is 10.4 Å². The standard InChI is InChI=1S/C15H20N2O5S2/c18-14(11-12-3-1-2-4-13(12)15(19)20)16-5-10-24(21,22)17-6-8-23-9-7-17/h1-4H,5-11H2,(H,16,18)(H,19,20). The minimum Gasteiger partial charge on any atom is -0.478 e. The third kappa shape index (κ3) is 5.22. The predicted molar refractivity (Wildman–Crippen MR) is 92.8 cm³/mol. The second-order valence-electron chi connectivity index (χ2n) is 5.32. The Morgan fingerprint density at radius 2 is 1.88 bits per heavy atom. The first-order chi connectivity index (χ1) is 11.4. The van der Waals surface area contributed by atoms with Crippen molar-refractivity contribution in [2.45, 2.75) is 6.42 Å². The lowest BCUT2D eigenvalue weighted by Crippen LogP contribution is -2.42. The molecule has 0 aromatic heterocycles. The van der Waals surface area contributed by atoms with Gasteiger partial charge in [0.15, 0.2) is 0 Å². The van der Waals surface area contributed by atoms with Crippen LogP contribution in [0.2, 0.25) is 0 Å². The average Bonchev–Trinajstić information content (AvgIpc) is 2.56. The van der Waals surface area contributed by atoms with E-state index in [-0.39, 0.29) is 24.3 Å². The quantitative estimate of drug-likeness (QED) is 0.719. The molecule has 1 aliphatic heterocycles. The van der Waals surface area contributed by atoms with E-state index >= 15 is 0 Å². The molecule has 0 spiro atoms. The molecule has 1 aliphatic rings. The zero-order chi connectivity index (χ0) is 17.6. The van der Waals surface area contributed by atoms with Gasteiger partial charge in [0.1, 0.15) is 0 Å². The van der Waals surface area contributed by atoms with E-state index < -0.39 is 21.9 Å². The van der Waals surface area contributed by atoms with Crippen molar-refractivity contribution in [2.24, 2.45) is 0 Å². The summed E-state index contributed by atoms with van der Waals surface area (Å²) < 4.78 is 25.8. The summed E-state index contributed by atoms with van der Waals surface area (Å²) in [5.74, 6) is -0.0592. The number of thioether (sulfide) groups is 1. The van der Waals surface area contributed by atoms with E-state index in [2.05, 4.69) is 5.32 Å². The Bertz CT molecular complexity index is 700. The van der Waals surface area contributed by atoms with Gasteiger partial charge in [0, 0.05) is 31.1 Å². The maximum absolute atomic E-state index is 12.2. The first-order valence-electron chi connectivity index (χ1n) is 7.53. The Morgan fingerprint density at radius 1 is 1.21 bits per heavy atom. The van der Waals surface area contributed by atoms with Crippen LogP contribution >= 0.6 is 11.8 Å². The molecule has 0 atom stereocenters. The maximum Gasteiger partial charge on any atom is 0.335 e. The van der Waals surface area contributed by atoms with Crippen LogP contribution in [0.25, 0.3) is 0 Å². The first-order valence-corrected chi connectivity index (χ1v) is 10.3. The van der Waals surface area contributed by atoms with Crippen molar-refractivity contribution in [3.8, 4) is 0 Å². The summed E-state index contributed by atoms with van der Waals surface area (Å²) in [6.07, 6.45) is -0.0944. The van der Waals surface area contributed by atoms with Gasteiger partial charge in [-0.05, 0) is 11.6 Å². The number of amides is 1. The van der Waals surface area contributed by atoms with Crippen LogP contribution in [0.5, 0.6) is 0 Å². The van der Waals surface area contributed by atoms with Gasteiger partial charge in [-0.2, -0.15) is 11.8 Å². The van der Waals surface area contributed by atoms with Gasteiger partial charge < -0.3 is 10.4 Å². The van der Waals surface area contributed by atoms with E-state index in [4.69, 9.17) is 5.11 Å². The van der Waals surface area contributed by atoms with E-state index in [1.54, 1.807) is 30.0 Å². The summed E-state index contributed by atoms with van der Waals surface area (Å²) in [4.78, 5) is 23.0. The van der Waals surface area contributed by atoms with E-state index in [0.29, 0.717) is 18.7 Å². The zero-order valence-electron chi connectivity index (χ0n) is 13.1. The molecule has 24 heavy (non-hydrogen) atoms. The van der Waals surface area contributed by atoms with Crippen LogP contribution in [0.15, 0.2) is 24.3 Å². The number of carbonyl (C=O) groups excluding carboxylic acids is 1. The summed E-state index contributed by atoms with van der Waals surface area (Å²) in [6, 6.07) is 6.26. The summed E-state index contributed by atoms with van der Waals surface area (Å²) in [7, 11) is -3.36. The smallest absolute Gasteiger partial charge is 0.335 e. The van der Waals surface area contributed by atoms with Crippen molar-refractivity contribution in [3.63, 3.8) is 0 Å². The lowest BCUT2D eigenvalue weighted by molar-refractivity contribution is -0.120. The number of carboxylic acid groups (broad SMARTS) is 1. The molecule has 1 aromatic carbocycles. The molecule has 2 rings (SSSR count). The second-order valence-corrected chi connectivity index (χ2v) is 8.63. The Kier molecular flexibility index (Phi) is 6.64. The lowest BCUT2D eigenvalue weighted by Gasteiger charge is -2.25. The number of sulfonamides is 1. The molecule has 0 bridgehead atoms. The first kappa shape index (κ1) is 18.8. The van der Waals surface area contributed by atoms with Crippen LogP contribution in [0.1, 0.15) is 15.9 Å². The Labute approximate surface area is 145 Å². The highest BCUT2D eigenvalue weighted by molar-refractivity contribution is 7.99. The van der Waals surface area contributed by atoms with Gasteiger partial charge in [-0.1, -0.05) is 18.2 Å². The number of rotatable bonds is 7. The largest absolute Gasteiger partial charge is 0.478 e. The highest BCUT2D eigenvalue weighted by Crippen LogP contribution is 2.13. The Hall–Kier alpha value is -1.58. The number of aromatic carboxylic acids is 1. The highest BCUT2D eigenvalue weighted by Gasteiger charge is 2.23. The fraction of sp³-hybridized carbons (Fsp3) is 0.467. The molecule has 1 saturated heterocycles. The number of carboxylic acids is 1. The fourth-order valence-electron chi connectivity index (χ4n) is 2.39. The van der Waals surface area contributed by atoms with Gasteiger partial charge in [-0.15, -0.1) is 0 Å². The van der Waals surface area contributed by atoms with Crippen LogP contribution < -0.4 is 5.32 Å². The van der Waals surface area contributed by atoms with Gasteiger partial charge in [0.05, 0.1) is 17.7 Å². The van der Waals surface area contributed by atoms with Crippen molar-refractivity contribution in [1.29, 1.82) is 0 Å². The van der Waals surface area contributed by atoms with Crippen molar-refractivity contribution in [1.82, 2.24) is 9.62 Å². The average molecular weight is 372 g/mol. The molecule has 2 N–H and O–H groups in total. The molecule has 1 fully saturated rings. The number of benzene rings is 1. The lowest BCUT2D eigenvalue weighted by atomic mass is 10.0. The fourth-order valence-corrected chi connectivity index (χ4v) is 4.88. The SMILES string of the molecule is O=C(Cc1ccccc1C(=O)O)NCCS(=O)(=O)N1CCSCC1. The number of carbonyl (C=O) groups is 2. The Balaban J connectivity index is 1.84. The highest BCUT2D eigenvalue weighted by atomic mass is 32.2. The van der Waals surface area contributed by atoms with Gasteiger partial charge >= 0.3 is 5.97 Å². The van der Waals surface area contributed by atoms with Crippen LogP contribution in [0.3, 0.4) is 0 Å². The van der Waals surface area contributed by atoms with Crippen molar-refractivity contribution in [2.75, 3.05) is 36.9 Å². The number of hydrogen-bond donors (Lipinski definition) is 2. The molecule has 0 aliphatic carbocycles. The van der Waals surface area contributed by atoms with E-state index in [0.717, 1.165) is 11.5 Å². The number of nitrogens with zero attached hydrogens (tertiary/aromatic N) is 1. The summed E-state index contributed by atoms with van der Waals surface area (Å²) >= 11 is 1.72. The molecule has 0 radical (unpaired) electrons. The summed E-state index contributed by atoms with van der Waals surface area (Å²) in [5.41, 5.74) is 0.476. The van der Waals surface area contributed by atoms with Crippen molar-refractivity contribution in [3.05, 3.63) is 35.4 Å². The second kappa shape index (κ2) is 8.50. The van der Waals surface area contributed by atoms with Gasteiger partial charge in [0.25, 0.3) is 0 Å². The molecule has 1 heterocycles. The van der Waals surface area contributed by atoms with Crippen molar-refractivity contribution >= 4 is 33.7 Å². The molecular weight excluding hydrogens is 352 g/mol. The molecule has 1 amide bonds. The van der Waals surface area contributed by atoms with E-state index in [9.17, 15) is 18.0 Å². The molecule has 0 saturated carbocycles. The van der Waals surface area contributed by atoms with Gasteiger partial charge in [-0.3, -0.25) is 4.79 Å². The summed E-state index contributed by atoms with van der Waals surface area (Å²) in [6.45, 7) is 1.03. The third-order valence-corrected chi connectivity index (χ3v) is 6.46. The minimum atomic E-state index is -3.36. The normalized spacial score (nSPS) is 15.8. The van der Waals surface area contributed by atoms with Crippen LogP contribution in [0, 0.1) is 0 Å². The molecule has 9 heteroatoms. The minimum absolute atomic E-state index is 0.0139. The number of hydrogen-bond acceptors (Lipinski definition) is 5. The molecular formula is C15H20N2O5S2. The zero-order valence-corrected chi connectivity index (χ0v) is 14.7. The van der Waals surface area contributed by atoms with Crippen LogP contribution in [0.4, 0.5) is 0 Å². The van der Waals surface area contributed by atoms with Crippen molar-refractivity contribution < 1.29 is 23.1 Å². The van der Waals surface area contributed by atoms with E-state index in [1.807, 2.05) is 0 Å². The van der Waals surface area contributed by atoms with Crippen LogP contribution in [-0.2, 0) is 21.2 Å². The molecule has 132 valence electrons. The topological polar surface area (TPSA) is 104 Å².